The van der Waals surface area contributed by atoms with E-state index >= 15 is 0 Å². The molecule has 0 amide bonds. The molecule has 0 aliphatic carbocycles. The van der Waals surface area contributed by atoms with Crippen LogP contribution in [0.2, 0.25) is 0 Å². The maximum Gasteiger partial charge on any atom is 0.0623 e. The van der Waals surface area contributed by atoms with E-state index < -0.39 is 0 Å². The largest absolute Gasteiger partial charge is 0.379 e. The molecule has 0 aliphatic heterocycles. The smallest absolute Gasteiger partial charge is 0.0623 e. The van der Waals surface area contributed by atoms with Gasteiger partial charge < -0.3 is 4.74 Å². The highest BCUT2D eigenvalue weighted by Gasteiger charge is 2.34. The molecule has 18 heavy (non-hydrogen) atoms. The van der Waals surface area contributed by atoms with Gasteiger partial charge in [0.15, 0.2) is 0 Å². The molecule has 110 valence electrons. The number of nitrogens with two attached hydrogens (primary N) is 1. The molecule has 1 atom stereocenters. The van der Waals surface area contributed by atoms with Crippen molar-refractivity contribution in [3.05, 3.63) is 0 Å². The Bertz CT molecular complexity index is 225. The SMILES string of the molecule is CCN(CC)C(C)(C)C(CCC(C)(C)OC)NN. The van der Waals surface area contributed by atoms with Gasteiger partial charge in [0, 0.05) is 18.7 Å². The zero-order valence-corrected chi connectivity index (χ0v) is 13.3. The second-order valence-electron chi connectivity index (χ2n) is 6.05. The summed E-state index contributed by atoms with van der Waals surface area (Å²) in [6, 6.07) is 0.256. The molecule has 1 unspecified atom stereocenters. The molecule has 0 aromatic carbocycles. The van der Waals surface area contributed by atoms with E-state index in [1.807, 2.05) is 0 Å². The average Bonchev–Trinajstić information content (AvgIpc) is 2.30. The summed E-state index contributed by atoms with van der Waals surface area (Å²) in [4.78, 5) is 2.44. The predicted molar refractivity (Wildman–Crippen MR) is 78.4 cm³/mol. The quantitative estimate of drug-likeness (QED) is 0.492. The van der Waals surface area contributed by atoms with E-state index in [2.05, 4.69) is 51.9 Å². The van der Waals surface area contributed by atoms with Crippen LogP contribution in [0.4, 0.5) is 0 Å². The van der Waals surface area contributed by atoms with Crippen LogP contribution in [0.3, 0.4) is 0 Å². The summed E-state index contributed by atoms with van der Waals surface area (Å²) in [6.07, 6.45) is 1.99. The first-order valence-electron chi connectivity index (χ1n) is 7.01. The molecule has 4 heteroatoms. The fourth-order valence-corrected chi connectivity index (χ4v) is 2.49. The molecule has 0 radical (unpaired) electrons. The number of rotatable bonds is 9. The second kappa shape index (κ2) is 7.43. The summed E-state index contributed by atoms with van der Waals surface area (Å²) in [5.41, 5.74) is 2.95. The van der Waals surface area contributed by atoms with E-state index in [9.17, 15) is 0 Å². The van der Waals surface area contributed by atoms with E-state index in [1.165, 1.54) is 0 Å². The van der Waals surface area contributed by atoms with Crippen molar-refractivity contribution >= 4 is 0 Å². The topological polar surface area (TPSA) is 50.5 Å². The van der Waals surface area contributed by atoms with Gasteiger partial charge in [0.25, 0.3) is 0 Å². The first-order chi connectivity index (χ1) is 8.25. The Hall–Kier alpha value is -0.160. The molecule has 4 nitrogen and oxygen atoms in total. The van der Waals surface area contributed by atoms with Gasteiger partial charge in [-0.15, -0.1) is 0 Å². The van der Waals surface area contributed by atoms with Crippen molar-refractivity contribution in [1.29, 1.82) is 0 Å². The molecule has 0 fully saturated rings. The van der Waals surface area contributed by atoms with Crippen molar-refractivity contribution in [2.24, 2.45) is 5.84 Å². The molecule has 0 aromatic heterocycles. The zero-order chi connectivity index (χ0) is 14.4. The highest BCUT2D eigenvalue weighted by molar-refractivity contribution is 4.93. The van der Waals surface area contributed by atoms with Gasteiger partial charge in [-0.3, -0.25) is 16.2 Å². The molecular formula is C14H33N3O. The van der Waals surface area contributed by atoms with Crippen LogP contribution in [0.25, 0.3) is 0 Å². The van der Waals surface area contributed by atoms with Crippen molar-refractivity contribution in [3.8, 4) is 0 Å². The summed E-state index contributed by atoms with van der Waals surface area (Å²) < 4.78 is 5.48. The first kappa shape index (κ1) is 17.8. The Labute approximate surface area is 113 Å². The number of hydrogen-bond donors (Lipinski definition) is 2. The lowest BCUT2D eigenvalue weighted by Crippen LogP contribution is -2.59. The molecule has 0 rings (SSSR count). The Morgan fingerprint density at radius 1 is 1.17 bits per heavy atom. The average molecular weight is 259 g/mol. The number of ether oxygens (including phenoxy) is 1. The Balaban J connectivity index is 4.65. The fraction of sp³-hybridized carbons (Fsp3) is 1.00. The van der Waals surface area contributed by atoms with Crippen molar-refractivity contribution in [1.82, 2.24) is 10.3 Å². The maximum absolute atomic E-state index is 5.76. The van der Waals surface area contributed by atoms with Gasteiger partial charge in [0.2, 0.25) is 0 Å². The van der Waals surface area contributed by atoms with Gasteiger partial charge in [0.05, 0.1) is 5.60 Å². The minimum Gasteiger partial charge on any atom is -0.379 e. The summed E-state index contributed by atoms with van der Waals surface area (Å²) in [6.45, 7) is 15.2. The van der Waals surface area contributed by atoms with Crippen LogP contribution in [0.5, 0.6) is 0 Å². The number of methoxy groups -OCH3 is 1. The van der Waals surface area contributed by atoms with Crippen LogP contribution in [-0.4, -0.2) is 42.3 Å². The molecule has 0 spiro atoms. The zero-order valence-electron chi connectivity index (χ0n) is 13.3. The van der Waals surface area contributed by atoms with Crippen LogP contribution in [0, 0.1) is 0 Å². The number of likely N-dealkylation sites (N-methyl/N-ethyl adjacent to an activating group) is 1. The Kier molecular flexibility index (Phi) is 7.37. The van der Waals surface area contributed by atoms with E-state index in [1.54, 1.807) is 7.11 Å². The van der Waals surface area contributed by atoms with Crippen molar-refractivity contribution in [2.45, 2.75) is 71.6 Å². The molecule has 0 aliphatic rings. The van der Waals surface area contributed by atoms with Crippen LogP contribution in [0.15, 0.2) is 0 Å². The predicted octanol–water partition coefficient (Wildman–Crippen LogP) is 2.14. The highest BCUT2D eigenvalue weighted by atomic mass is 16.5. The minimum atomic E-state index is -0.0888. The summed E-state index contributed by atoms with van der Waals surface area (Å²) in [5, 5.41) is 0. The number of hydrazine groups is 1. The minimum absolute atomic E-state index is 0.0437. The lowest BCUT2D eigenvalue weighted by molar-refractivity contribution is 0.00357. The molecular weight excluding hydrogens is 226 g/mol. The van der Waals surface area contributed by atoms with E-state index in [0.29, 0.717) is 0 Å². The highest BCUT2D eigenvalue weighted by Crippen LogP contribution is 2.25. The molecule has 3 N–H and O–H groups in total. The third-order valence-corrected chi connectivity index (χ3v) is 4.22. The molecule has 0 bridgehead atoms. The summed E-state index contributed by atoms with van der Waals surface area (Å²) in [5.74, 6) is 5.76. The molecule has 0 saturated carbocycles. The Morgan fingerprint density at radius 3 is 2.00 bits per heavy atom. The fourth-order valence-electron chi connectivity index (χ4n) is 2.49. The van der Waals surface area contributed by atoms with Crippen molar-refractivity contribution < 1.29 is 4.74 Å². The van der Waals surface area contributed by atoms with Gasteiger partial charge >= 0.3 is 0 Å². The maximum atomic E-state index is 5.76. The Morgan fingerprint density at radius 2 is 1.67 bits per heavy atom. The second-order valence-corrected chi connectivity index (χ2v) is 6.05. The molecule has 0 saturated heterocycles. The normalized spacial score (nSPS) is 15.2. The van der Waals surface area contributed by atoms with Crippen LogP contribution in [-0.2, 0) is 4.74 Å². The number of nitrogens with one attached hydrogen (secondary N) is 1. The standard InChI is InChI=1S/C14H33N3O/c1-8-17(9-2)14(5,6)12(16-15)10-11-13(3,4)18-7/h12,16H,8-11,15H2,1-7H3. The molecule has 0 aromatic rings. The lowest BCUT2D eigenvalue weighted by Gasteiger charge is -2.44. The van der Waals surface area contributed by atoms with Crippen molar-refractivity contribution in [3.63, 3.8) is 0 Å². The van der Waals surface area contributed by atoms with Crippen LogP contribution < -0.4 is 11.3 Å². The molecule has 0 heterocycles. The van der Waals surface area contributed by atoms with E-state index in [0.717, 1.165) is 25.9 Å². The van der Waals surface area contributed by atoms with Crippen LogP contribution >= 0.6 is 0 Å². The van der Waals surface area contributed by atoms with Gasteiger partial charge in [-0.1, -0.05) is 13.8 Å². The van der Waals surface area contributed by atoms with E-state index in [4.69, 9.17) is 10.6 Å². The number of hydrogen-bond acceptors (Lipinski definition) is 4. The lowest BCUT2D eigenvalue weighted by atomic mass is 9.86. The van der Waals surface area contributed by atoms with Crippen LogP contribution in [0.1, 0.15) is 54.4 Å². The number of nitrogens with zero attached hydrogens (tertiary/aromatic N) is 1. The van der Waals surface area contributed by atoms with Gasteiger partial charge in [-0.2, -0.15) is 0 Å². The van der Waals surface area contributed by atoms with E-state index in [-0.39, 0.29) is 17.2 Å². The third-order valence-electron chi connectivity index (χ3n) is 4.22. The van der Waals surface area contributed by atoms with Gasteiger partial charge in [-0.05, 0) is 53.6 Å². The third kappa shape index (κ3) is 4.84. The van der Waals surface area contributed by atoms with Gasteiger partial charge in [0.1, 0.15) is 0 Å². The van der Waals surface area contributed by atoms with Crippen molar-refractivity contribution in [2.75, 3.05) is 20.2 Å². The summed E-state index contributed by atoms with van der Waals surface area (Å²) in [7, 11) is 1.76. The summed E-state index contributed by atoms with van der Waals surface area (Å²) >= 11 is 0. The monoisotopic (exact) mass is 259 g/mol. The first-order valence-corrected chi connectivity index (χ1v) is 7.01. The van der Waals surface area contributed by atoms with Gasteiger partial charge in [-0.25, -0.2) is 0 Å².